The largest absolute Gasteiger partial charge is 0.375 e. The first kappa shape index (κ1) is 16.1. The fraction of sp³-hybridized carbons (Fsp3) is 0.0500. The predicted octanol–water partition coefficient (Wildman–Crippen LogP) is 4.89. The summed E-state index contributed by atoms with van der Waals surface area (Å²) in [6, 6.07) is 27.7. The second kappa shape index (κ2) is 8.22. The molecule has 0 aliphatic rings. The van der Waals surface area contributed by atoms with E-state index in [4.69, 9.17) is 0 Å². The van der Waals surface area contributed by atoms with Gasteiger partial charge in [-0.1, -0.05) is 60.3 Å². The first-order chi connectivity index (χ1) is 11.8. The highest BCUT2D eigenvalue weighted by atomic mass is 32.2. The Morgan fingerprint density at radius 2 is 1.42 bits per heavy atom. The van der Waals surface area contributed by atoms with Crippen molar-refractivity contribution in [1.29, 1.82) is 0 Å². The van der Waals surface area contributed by atoms with E-state index in [-0.39, 0.29) is 12.5 Å². The summed E-state index contributed by atoms with van der Waals surface area (Å²) in [5, 5.41) is 6.09. The van der Waals surface area contributed by atoms with Gasteiger partial charge in [0.05, 0.1) is 6.54 Å². The van der Waals surface area contributed by atoms with Gasteiger partial charge in [-0.15, -0.1) is 0 Å². The summed E-state index contributed by atoms with van der Waals surface area (Å²) in [5.74, 6) is -0.0688. The molecule has 4 heteroatoms. The summed E-state index contributed by atoms with van der Waals surface area (Å²) in [6.07, 6.45) is 0. The van der Waals surface area contributed by atoms with Crippen LogP contribution >= 0.6 is 11.8 Å². The Balaban J connectivity index is 1.62. The van der Waals surface area contributed by atoms with Crippen LogP contribution < -0.4 is 10.6 Å². The highest BCUT2D eigenvalue weighted by Gasteiger charge is 2.06. The van der Waals surface area contributed by atoms with E-state index in [1.807, 2.05) is 66.7 Å². The average molecular weight is 334 g/mol. The van der Waals surface area contributed by atoms with Crippen molar-refractivity contribution in [1.82, 2.24) is 0 Å². The zero-order valence-corrected chi connectivity index (χ0v) is 13.9. The SMILES string of the molecule is O=C(CNc1ccccc1Sc1ccccc1)Nc1ccccc1. The third-order valence-electron chi connectivity index (χ3n) is 3.36. The number of hydrogen-bond acceptors (Lipinski definition) is 3. The minimum absolute atomic E-state index is 0.0688. The number of hydrogen-bond donors (Lipinski definition) is 2. The molecule has 0 atom stereocenters. The molecule has 0 aliphatic heterocycles. The maximum atomic E-state index is 12.1. The Hall–Kier alpha value is -2.72. The van der Waals surface area contributed by atoms with E-state index in [1.54, 1.807) is 11.8 Å². The van der Waals surface area contributed by atoms with Crippen LogP contribution in [0.1, 0.15) is 0 Å². The Kier molecular flexibility index (Phi) is 5.53. The van der Waals surface area contributed by atoms with Crippen LogP contribution in [0.25, 0.3) is 0 Å². The normalized spacial score (nSPS) is 10.2. The number of nitrogens with one attached hydrogen (secondary N) is 2. The summed E-state index contributed by atoms with van der Waals surface area (Å²) in [5.41, 5.74) is 1.76. The van der Waals surface area contributed by atoms with Crippen molar-refractivity contribution < 1.29 is 4.79 Å². The van der Waals surface area contributed by atoms with Gasteiger partial charge in [0.2, 0.25) is 5.91 Å². The van der Waals surface area contributed by atoms with E-state index >= 15 is 0 Å². The number of amides is 1. The second-order valence-corrected chi connectivity index (χ2v) is 6.29. The van der Waals surface area contributed by atoms with Gasteiger partial charge in [-0.3, -0.25) is 4.79 Å². The third-order valence-corrected chi connectivity index (χ3v) is 4.44. The molecule has 120 valence electrons. The predicted molar refractivity (Wildman–Crippen MR) is 101 cm³/mol. The Morgan fingerprint density at radius 1 is 0.792 bits per heavy atom. The standard InChI is InChI=1S/C20H18N2OS/c23-20(22-16-9-3-1-4-10-16)15-21-18-13-7-8-14-19(18)24-17-11-5-2-6-12-17/h1-14,21H,15H2,(H,22,23). The molecule has 2 N–H and O–H groups in total. The Labute approximate surface area is 146 Å². The van der Waals surface area contributed by atoms with Gasteiger partial charge < -0.3 is 10.6 Å². The molecule has 0 fully saturated rings. The smallest absolute Gasteiger partial charge is 0.243 e. The van der Waals surface area contributed by atoms with Crippen molar-refractivity contribution in [3.8, 4) is 0 Å². The van der Waals surface area contributed by atoms with Gasteiger partial charge in [-0.25, -0.2) is 0 Å². The molecule has 24 heavy (non-hydrogen) atoms. The van der Waals surface area contributed by atoms with E-state index in [1.165, 1.54) is 4.90 Å². The van der Waals surface area contributed by atoms with Gasteiger partial charge in [0.25, 0.3) is 0 Å². The van der Waals surface area contributed by atoms with E-state index in [9.17, 15) is 4.79 Å². The number of benzene rings is 3. The molecule has 3 nitrogen and oxygen atoms in total. The summed E-state index contributed by atoms with van der Waals surface area (Å²) in [7, 11) is 0. The van der Waals surface area contributed by atoms with Crippen molar-refractivity contribution in [2.75, 3.05) is 17.2 Å². The molecule has 0 radical (unpaired) electrons. The maximum Gasteiger partial charge on any atom is 0.243 e. The quantitative estimate of drug-likeness (QED) is 0.674. The molecule has 1 amide bonds. The molecule has 0 saturated heterocycles. The first-order valence-corrected chi connectivity index (χ1v) is 8.53. The van der Waals surface area contributed by atoms with Crippen molar-refractivity contribution in [2.45, 2.75) is 9.79 Å². The van der Waals surface area contributed by atoms with Crippen molar-refractivity contribution >= 4 is 29.0 Å². The van der Waals surface area contributed by atoms with Gasteiger partial charge in [0, 0.05) is 21.2 Å². The number of anilines is 2. The third kappa shape index (κ3) is 4.64. The number of rotatable bonds is 6. The molecule has 3 rings (SSSR count). The van der Waals surface area contributed by atoms with Gasteiger partial charge in [-0.2, -0.15) is 0 Å². The van der Waals surface area contributed by atoms with Crippen molar-refractivity contribution in [3.63, 3.8) is 0 Å². The van der Waals surface area contributed by atoms with Crippen molar-refractivity contribution in [3.05, 3.63) is 84.9 Å². The Bertz CT molecular complexity index is 791. The average Bonchev–Trinajstić information content (AvgIpc) is 2.63. The lowest BCUT2D eigenvalue weighted by Gasteiger charge is -2.12. The Morgan fingerprint density at radius 3 is 2.17 bits per heavy atom. The van der Waals surface area contributed by atoms with Crippen LogP contribution in [0.2, 0.25) is 0 Å². The van der Waals surface area contributed by atoms with Crippen LogP contribution in [0.4, 0.5) is 11.4 Å². The zero-order valence-electron chi connectivity index (χ0n) is 13.1. The second-order valence-electron chi connectivity index (χ2n) is 5.18. The molecule has 0 bridgehead atoms. The number of carbonyl (C=O) groups excluding carboxylic acids is 1. The van der Waals surface area contributed by atoms with E-state index < -0.39 is 0 Å². The number of carbonyl (C=O) groups is 1. The molecule has 0 unspecified atom stereocenters. The number of para-hydroxylation sites is 2. The fourth-order valence-electron chi connectivity index (χ4n) is 2.22. The zero-order chi connectivity index (χ0) is 16.6. The van der Waals surface area contributed by atoms with Crippen LogP contribution in [0.3, 0.4) is 0 Å². The molecule has 3 aromatic carbocycles. The van der Waals surface area contributed by atoms with Gasteiger partial charge in [0.1, 0.15) is 0 Å². The summed E-state index contributed by atoms with van der Waals surface area (Å²) < 4.78 is 0. The molecule has 3 aromatic rings. The summed E-state index contributed by atoms with van der Waals surface area (Å²) in [6.45, 7) is 0.223. The minimum Gasteiger partial charge on any atom is -0.375 e. The van der Waals surface area contributed by atoms with E-state index in [0.717, 1.165) is 16.3 Å². The summed E-state index contributed by atoms with van der Waals surface area (Å²) >= 11 is 1.68. The lowest BCUT2D eigenvalue weighted by Crippen LogP contribution is -2.21. The molecule has 0 saturated carbocycles. The van der Waals surface area contributed by atoms with E-state index in [2.05, 4.69) is 28.8 Å². The van der Waals surface area contributed by atoms with Crippen LogP contribution in [-0.4, -0.2) is 12.5 Å². The molecule has 0 spiro atoms. The molecule has 0 heterocycles. The van der Waals surface area contributed by atoms with Crippen LogP contribution in [0, 0.1) is 0 Å². The van der Waals surface area contributed by atoms with Gasteiger partial charge in [-0.05, 0) is 36.4 Å². The monoisotopic (exact) mass is 334 g/mol. The van der Waals surface area contributed by atoms with E-state index in [0.29, 0.717) is 0 Å². The summed E-state index contributed by atoms with van der Waals surface area (Å²) in [4.78, 5) is 14.3. The lowest BCUT2D eigenvalue weighted by atomic mass is 10.3. The fourth-order valence-corrected chi connectivity index (χ4v) is 3.16. The maximum absolute atomic E-state index is 12.1. The first-order valence-electron chi connectivity index (χ1n) is 7.72. The van der Waals surface area contributed by atoms with Gasteiger partial charge >= 0.3 is 0 Å². The van der Waals surface area contributed by atoms with Crippen LogP contribution in [0.15, 0.2) is 94.7 Å². The van der Waals surface area contributed by atoms with Crippen molar-refractivity contribution in [2.24, 2.45) is 0 Å². The van der Waals surface area contributed by atoms with Crippen LogP contribution in [0.5, 0.6) is 0 Å². The molecular formula is C20H18N2OS. The minimum atomic E-state index is -0.0688. The lowest BCUT2D eigenvalue weighted by molar-refractivity contribution is -0.114. The van der Waals surface area contributed by atoms with Gasteiger partial charge in [0.15, 0.2) is 0 Å². The highest BCUT2D eigenvalue weighted by Crippen LogP contribution is 2.32. The highest BCUT2D eigenvalue weighted by molar-refractivity contribution is 7.99. The molecular weight excluding hydrogens is 316 g/mol. The van der Waals surface area contributed by atoms with Crippen LogP contribution in [-0.2, 0) is 4.79 Å². The topological polar surface area (TPSA) is 41.1 Å². The molecule has 0 aliphatic carbocycles. The molecule has 0 aromatic heterocycles.